The Bertz CT molecular complexity index is 685. The van der Waals surface area contributed by atoms with E-state index in [1.807, 2.05) is 20.8 Å². The first-order chi connectivity index (χ1) is 11.0. The van der Waals surface area contributed by atoms with Crippen molar-refractivity contribution in [3.05, 3.63) is 46.9 Å². The van der Waals surface area contributed by atoms with Crippen LogP contribution in [-0.2, 0) is 0 Å². The minimum Gasteiger partial charge on any atom is -0.357 e. The van der Waals surface area contributed by atoms with Gasteiger partial charge in [0.1, 0.15) is 17.8 Å². The molecule has 23 heavy (non-hydrogen) atoms. The van der Waals surface area contributed by atoms with Crippen LogP contribution in [0.25, 0.3) is 0 Å². The maximum absolute atomic E-state index is 12.5. The van der Waals surface area contributed by atoms with Crippen LogP contribution in [0.15, 0.2) is 24.5 Å². The summed E-state index contributed by atoms with van der Waals surface area (Å²) in [4.78, 5) is 23.0. The van der Waals surface area contributed by atoms with E-state index in [0.717, 1.165) is 35.7 Å². The fourth-order valence-electron chi connectivity index (χ4n) is 2.75. The molecule has 0 aliphatic carbocycles. The van der Waals surface area contributed by atoms with E-state index in [-0.39, 0.29) is 5.91 Å². The number of carbonyl (C=O) groups excluding carboxylic acids is 1. The lowest BCUT2D eigenvalue weighted by Crippen LogP contribution is -2.24. The van der Waals surface area contributed by atoms with Gasteiger partial charge in [-0.25, -0.2) is 9.97 Å². The van der Waals surface area contributed by atoms with Crippen molar-refractivity contribution >= 4 is 17.4 Å². The third-order valence-corrected chi connectivity index (χ3v) is 3.89. The average molecular weight is 312 g/mol. The van der Waals surface area contributed by atoms with Crippen molar-refractivity contribution in [3.63, 3.8) is 0 Å². The number of amides is 1. The Balaban J connectivity index is 2.27. The number of nitrogens with zero attached hydrogens (tertiary/aromatic N) is 3. The number of nitrogens with one attached hydrogen (secondary N) is 1. The second-order valence-electron chi connectivity index (χ2n) is 5.66. The van der Waals surface area contributed by atoms with Crippen molar-refractivity contribution in [2.75, 3.05) is 23.3 Å². The van der Waals surface area contributed by atoms with Crippen molar-refractivity contribution < 1.29 is 4.79 Å². The molecule has 0 unspecified atom stereocenters. The van der Waals surface area contributed by atoms with Crippen molar-refractivity contribution in [1.29, 1.82) is 0 Å². The summed E-state index contributed by atoms with van der Waals surface area (Å²) >= 11 is 0. The number of aromatic nitrogens is 2. The smallest absolute Gasteiger partial charge is 0.274 e. The molecule has 5 nitrogen and oxygen atoms in total. The van der Waals surface area contributed by atoms with Crippen molar-refractivity contribution in [2.45, 2.75) is 34.6 Å². The van der Waals surface area contributed by atoms with Gasteiger partial charge in [-0.2, -0.15) is 0 Å². The zero-order valence-corrected chi connectivity index (χ0v) is 14.5. The van der Waals surface area contributed by atoms with Crippen LogP contribution in [0.5, 0.6) is 0 Å². The van der Waals surface area contributed by atoms with E-state index in [0.29, 0.717) is 5.69 Å². The summed E-state index contributed by atoms with van der Waals surface area (Å²) in [5.74, 6) is 0.559. The highest BCUT2D eigenvalue weighted by atomic mass is 16.1. The Hall–Kier alpha value is -2.43. The summed E-state index contributed by atoms with van der Waals surface area (Å²) in [5.41, 5.74) is 4.51. The first-order valence-electron chi connectivity index (χ1n) is 7.92. The van der Waals surface area contributed by atoms with Crippen molar-refractivity contribution in [2.24, 2.45) is 0 Å². The van der Waals surface area contributed by atoms with Crippen molar-refractivity contribution in [1.82, 2.24) is 9.97 Å². The van der Waals surface area contributed by atoms with E-state index in [2.05, 4.69) is 46.2 Å². The highest BCUT2D eigenvalue weighted by molar-refractivity contribution is 6.04. The summed E-state index contributed by atoms with van der Waals surface area (Å²) in [5, 5.41) is 2.98. The molecule has 2 rings (SSSR count). The van der Waals surface area contributed by atoms with Crippen LogP contribution in [0.1, 0.15) is 41.0 Å². The molecule has 0 saturated heterocycles. The maximum atomic E-state index is 12.5. The number of rotatable bonds is 5. The quantitative estimate of drug-likeness (QED) is 0.918. The van der Waals surface area contributed by atoms with Gasteiger partial charge in [0.2, 0.25) is 0 Å². The number of hydrogen-bond donors (Lipinski definition) is 1. The van der Waals surface area contributed by atoms with E-state index in [9.17, 15) is 4.79 Å². The van der Waals surface area contributed by atoms with Crippen LogP contribution < -0.4 is 10.2 Å². The summed E-state index contributed by atoms with van der Waals surface area (Å²) in [6, 6.07) is 5.86. The summed E-state index contributed by atoms with van der Waals surface area (Å²) in [6.45, 7) is 11.8. The van der Waals surface area contributed by atoms with Gasteiger partial charge >= 0.3 is 0 Å². The van der Waals surface area contributed by atoms with Gasteiger partial charge in [0, 0.05) is 24.8 Å². The van der Waals surface area contributed by atoms with Gasteiger partial charge in [-0.15, -0.1) is 0 Å². The normalized spacial score (nSPS) is 10.5. The lowest BCUT2D eigenvalue weighted by molar-refractivity contribution is 0.102. The predicted octanol–water partition coefficient (Wildman–Crippen LogP) is 3.50. The molecule has 5 heteroatoms. The predicted molar refractivity (Wildman–Crippen MR) is 94.2 cm³/mol. The van der Waals surface area contributed by atoms with Gasteiger partial charge in [-0.1, -0.05) is 17.7 Å². The molecule has 1 aromatic carbocycles. The van der Waals surface area contributed by atoms with Crippen molar-refractivity contribution in [3.8, 4) is 0 Å². The third kappa shape index (κ3) is 3.86. The lowest BCUT2D eigenvalue weighted by atomic mass is 10.0. The summed E-state index contributed by atoms with van der Waals surface area (Å²) < 4.78 is 0. The monoisotopic (exact) mass is 312 g/mol. The van der Waals surface area contributed by atoms with Crippen LogP contribution in [-0.4, -0.2) is 29.0 Å². The van der Waals surface area contributed by atoms with Gasteiger partial charge < -0.3 is 10.2 Å². The molecule has 1 heterocycles. The van der Waals surface area contributed by atoms with E-state index in [1.165, 1.54) is 11.9 Å². The highest BCUT2D eigenvalue weighted by Crippen LogP contribution is 2.22. The molecule has 0 spiro atoms. The van der Waals surface area contributed by atoms with E-state index < -0.39 is 0 Å². The largest absolute Gasteiger partial charge is 0.357 e. The second kappa shape index (κ2) is 7.22. The van der Waals surface area contributed by atoms with Crippen LogP contribution in [0.3, 0.4) is 0 Å². The molecule has 1 aromatic heterocycles. The molecule has 0 bridgehead atoms. The molecule has 0 aliphatic heterocycles. The van der Waals surface area contributed by atoms with Gasteiger partial charge in [-0.05, 0) is 45.7 Å². The molecule has 0 atom stereocenters. The Kier molecular flexibility index (Phi) is 5.32. The van der Waals surface area contributed by atoms with Gasteiger partial charge in [0.25, 0.3) is 5.91 Å². The Labute approximate surface area is 137 Å². The fourth-order valence-corrected chi connectivity index (χ4v) is 2.75. The number of benzene rings is 1. The van der Waals surface area contributed by atoms with Crippen LogP contribution in [0.2, 0.25) is 0 Å². The zero-order chi connectivity index (χ0) is 17.0. The summed E-state index contributed by atoms with van der Waals surface area (Å²) in [7, 11) is 0. The molecule has 0 fully saturated rings. The van der Waals surface area contributed by atoms with E-state index in [4.69, 9.17) is 0 Å². The molecule has 0 aliphatic rings. The molecule has 1 N–H and O–H groups in total. The van der Waals surface area contributed by atoms with Crippen LogP contribution in [0.4, 0.5) is 11.5 Å². The van der Waals surface area contributed by atoms with Gasteiger partial charge in [0.15, 0.2) is 0 Å². The zero-order valence-electron chi connectivity index (χ0n) is 14.5. The molecule has 0 radical (unpaired) electrons. The minimum atomic E-state index is -0.212. The number of carbonyl (C=O) groups is 1. The molecule has 2 aromatic rings. The van der Waals surface area contributed by atoms with Crippen LogP contribution in [0, 0.1) is 20.8 Å². The van der Waals surface area contributed by atoms with Gasteiger partial charge in [0.05, 0.1) is 0 Å². The third-order valence-electron chi connectivity index (χ3n) is 3.89. The number of hydrogen-bond acceptors (Lipinski definition) is 4. The first kappa shape index (κ1) is 16.9. The molecule has 1 amide bonds. The summed E-state index contributed by atoms with van der Waals surface area (Å²) in [6.07, 6.45) is 1.44. The Morgan fingerprint density at radius 1 is 1.04 bits per heavy atom. The molecular weight excluding hydrogens is 288 g/mol. The standard InChI is InChI=1S/C18H24N4O/c1-6-22(7-2)16-10-15(19-11-20-16)18(23)21-17-13(4)8-12(3)9-14(17)5/h8-11H,6-7H2,1-5H3,(H,21,23). The minimum absolute atomic E-state index is 0.212. The van der Waals surface area contributed by atoms with Crippen LogP contribution >= 0.6 is 0 Å². The maximum Gasteiger partial charge on any atom is 0.274 e. The topological polar surface area (TPSA) is 58.1 Å². The average Bonchev–Trinajstić information content (AvgIpc) is 2.52. The van der Waals surface area contributed by atoms with Gasteiger partial charge in [-0.3, -0.25) is 4.79 Å². The highest BCUT2D eigenvalue weighted by Gasteiger charge is 2.14. The molecular formula is C18H24N4O. The van der Waals surface area contributed by atoms with E-state index in [1.54, 1.807) is 6.07 Å². The SMILES string of the molecule is CCN(CC)c1cc(C(=O)Nc2c(C)cc(C)cc2C)ncn1. The number of aryl methyl sites for hydroxylation is 3. The lowest BCUT2D eigenvalue weighted by Gasteiger charge is -2.19. The number of anilines is 2. The van der Waals surface area contributed by atoms with E-state index >= 15 is 0 Å². The molecule has 0 saturated carbocycles. The fraction of sp³-hybridized carbons (Fsp3) is 0.389. The first-order valence-corrected chi connectivity index (χ1v) is 7.92. The molecule has 122 valence electrons. The Morgan fingerprint density at radius 3 is 2.22 bits per heavy atom. The second-order valence-corrected chi connectivity index (χ2v) is 5.66. The Morgan fingerprint density at radius 2 is 1.65 bits per heavy atom.